The second-order valence-corrected chi connectivity index (χ2v) is 10.9. The van der Waals surface area contributed by atoms with Crippen LogP contribution in [0.5, 0.6) is 5.75 Å². The molecule has 13 heteroatoms. The molecule has 1 N–H and O–H groups in total. The lowest BCUT2D eigenvalue weighted by atomic mass is 10.0. The lowest BCUT2D eigenvalue weighted by Crippen LogP contribution is -2.52. The van der Waals surface area contributed by atoms with Crippen molar-refractivity contribution in [2.24, 2.45) is 0 Å². The number of halogens is 2. The minimum absolute atomic E-state index is 0.0356. The minimum Gasteiger partial charge on any atom is -0.490 e. The number of ether oxygens (including phenoxy) is 3. The van der Waals surface area contributed by atoms with Gasteiger partial charge >= 0.3 is 11.7 Å². The third-order valence-corrected chi connectivity index (χ3v) is 8.14. The van der Waals surface area contributed by atoms with Gasteiger partial charge in [0.1, 0.15) is 52.3 Å². The van der Waals surface area contributed by atoms with Gasteiger partial charge in [0.25, 0.3) is 5.56 Å². The van der Waals surface area contributed by atoms with Crippen LogP contribution < -0.4 is 16.0 Å². The van der Waals surface area contributed by atoms with Crippen molar-refractivity contribution >= 4 is 27.5 Å². The average Bonchev–Trinajstić information content (AvgIpc) is 3.26. The lowest BCUT2D eigenvalue weighted by molar-refractivity contribution is -0.146. The first kappa shape index (κ1) is 29.4. The molecule has 1 saturated heterocycles. The van der Waals surface area contributed by atoms with Gasteiger partial charge in [0.15, 0.2) is 0 Å². The summed E-state index contributed by atoms with van der Waals surface area (Å²) in [7, 11) is 0. The molecule has 1 atom stereocenters. The van der Waals surface area contributed by atoms with E-state index in [0.29, 0.717) is 36.2 Å². The van der Waals surface area contributed by atoms with Crippen molar-refractivity contribution in [3.05, 3.63) is 60.9 Å². The first-order valence-electron chi connectivity index (χ1n) is 12.7. The summed E-state index contributed by atoms with van der Waals surface area (Å²) in [6, 6.07) is 5.70. The second kappa shape index (κ2) is 11.9. The number of benzene rings is 1. The summed E-state index contributed by atoms with van der Waals surface area (Å²) in [5.74, 6) is -1.87. The molecule has 0 bridgehead atoms. The Morgan fingerprint density at radius 1 is 1.32 bits per heavy atom. The van der Waals surface area contributed by atoms with Gasteiger partial charge in [-0.15, -0.1) is 11.3 Å². The van der Waals surface area contributed by atoms with Crippen LogP contribution in [-0.4, -0.2) is 52.8 Å². The third-order valence-electron chi connectivity index (χ3n) is 6.92. The fourth-order valence-corrected chi connectivity index (χ4v) is 5.78. The maximum absolute atomic E-state index is 14.5. The molecule has 0 spiro atoms. The van der Waals surface area contributed by atoms with Crippen molar-refractivity contribution in [2.45, 2.75) is 57.9 Å². The summed E-state index contributed by atoms with van der Waals surface area (Å²) in [5, 5.41) is 19.6. The SMILES string of the molecule is Cc1c(C#N)sc2c1c(=O)n(C(C)(C)C(=O)O)c(=O)n2C[C@H](OC1CCOCC1)c1cc(F)ccc1OCCF. The van der Waals surface area contributed by atoms with Crippen molar-refractivity contribution in [3.8, 4) is 11.8 Å². The Labute approximate surface area is 231 Å². The Morgan fingerprint density at radius 3 is 2.65 bits per heavy atom. The highest BCUT2D eigenvalue weighted by atomic mass is 32.1. The normalized spacial score (nSPS) is 15.2. The van der Waals surface area contributed by atoms with Crippen LogP contribution in [0.25, 0.3) is 10.2 Å². The Bertz CT molecular complexity index is 1580. The highest BCUT2D eigenvalue weighted by Gasteiger charge is 2.36. The van der Waals surface area contributed by atoms with E-state index in [-0.39, 0.29) is 45.7 Å². The number of rotatable bonds is 10. The summed E-state index contributed by atoms with van der Waals surface area (Å²) in [6.07, 6.45) is -0.303. The number of aryl methyl sites for hydroxylation is 1. The number of aliphatic carboxylic acids is 1. The summed E-state index contributed by atoms with van der Waals surface area (Å²) in [4.78, 5) is 39.9. The van der Waals surface area contributed by atoms with Crippen LogP contribution in [0.3, 0.4) is 0 Å². The number of hydrogen-bond acceptors (Lipinski definition) is 8. The van der Waals surface area contributed by atoms with E-state index in [0.717, 1.165) is 17.4 Å². The number of nitrogens with zero attached hydrogens (tertiary/aromatic N) is 3. The molecule has 1 fully saturated rings. The molecule has 1 aromatic carbocycles. The molecule has 0 saturated carbocycles. The zero-order valence-electron chi connectivity index (χ0n) is 22.2. The van der Waals surface area contributed by atoms with E-state index >= 15 is 0 Å². The van der Waals surface area contributed by atoms with E-state index < -0.39 is 41.4 Å². The highest BCUT2D eigenvalue weighted by molar-refractivity contribution is 7.19. The van der Waals surface area contributed by atoms with Crippen LogP contribution in [0.15, 0.2) is 27.8 Å². The van der Waals surface area contributed by atoms with Crippen molar-refractivity contribution in [1.29, 1.82) is 5.26 Å². The summed E-state index contributed by atoms with van der Waals surface area (Å²) in [6.45, 7) is 3.52. The number of thiophene rings is 1. The molecule has 4 rings (SSSR count). The average molecular weight is 578 g/mol. The minimum atomic E-state index is -1.93. The van der Waals surface area contributed by atoms with Crippen LogP contribution in [-0.2, 0) is 26.4 Å². The van der Waals surface area contributed by atoms with Gasteiger partial charge in [-0.25, -0.2) is 22.9 Å². The predicted octanol–water partition coefficient (Wildman–Crippen LogP) is 3.65. The molecule has 0 amide bonds. The fraction of sp³-hybridized carbons (Fsp3) is 0.481. The highest BCUT2D eigenvalue weighted by Crippen LogP contribution is 2.35. The number of nitriles is 1. The monoisotopic (exact) mass is 577 g/mol. The lowest BCUT2D eigenvalue weighted by Gasteiger charge is -2.30. The van der Waals surface area contributed by atoms with E-state index in [1.165, 1.54) is 30.5 Å². The summed E-state index contributed by atoms with van der Waals surface area (Å²) in [5.41, 5.74) is -3.17. The standard InChI is InChI=1S/C27H29F2N3O7S/c1-15-21(13-30)40-24-22(15)23(33)32(27(2,3)25(34)35)26(36)31(24)14-20(39-17-6-9-37-10-7-17)18-12-16(29)4-5-19(18)38-11-8-28/h4-5,12,17,20H,6-11,14H2,1-3H3,(H,34,35)/t20-/m0/s1. The zero-order chi connectivity index (χ0) is 29.2. The molecule has 40 heavy (non-hydrogen) atoms. The molecule has 1 aliphatic heterocycles. The molecule has 2 aromatic heterocycles. The van der Waals surface area contributed by atoms with E-state index in [2.05, 4.69) is 0 Å². The molecule has 0 aliphatic carbocycles. The maximum Gasteiger partial charge on any atom is 0.333 e. The number of alkyl halides is 1. The Balaban J connectivity index is 1.97. The van der Waals surface area contributed by atoms with Gasteiger partial charge in [0.05, 0.1) is 18.0 Å². The van der Waals surface area contributed by atoms with Crippen LogP contribution >= 0.6 is 11.3 Å². The first-order chi connectivity index (χ1) is 19.0. The number of hydrogen-bond donors (Lipinski definition) is 1. The Kier molecular flexibility index (Phi) is 8.72. The largest absolute Gasteiger partial charge is 0.490 e. The molecular formula is C27H29F2N3O7S. The predicted molar refractivity (Wildman–Crippen MR) is 142 cm³/mol. The molecule has 1 aliphatic rings. The molecule has 214 valence electrons. The molecule has 0 radical (unpaired) electrons. The Hall–Kier alpha value is -3.60. The topological polar surface area (TPSA) is 133 Å². The van der Waals surface area contributed by atoms with Gasteiger partial charge in [-0.3, -0.25) is 9.36 Å². The van der Waals surface area contributed by atoms with Crippen molar-refractivity contribution in [1.82, 2.24) is 9.13 Å². The van der Waals surface area contributed by atoms with Gasteiger partial charge in [0, 0.05) is 18.8 Å². The number of fused-ring (bicyclic) bond motifs is 1. The Morgan fingerprint density at radius 2 is 2.02 bits per heavy atom. The van der Waals surface area contributed by atoms with E-state index in [1.54, 1.807) is 6.92 Å². The van der Waals surface area contributed by atoms with Crippen LogP contribution in [0, 0.1) is 24.1 Å². The smallest absolute Gasteiger partial charge is 0.333 e. The molecule has 3 heterocycles. The van der Waals surface area contributed by atoms with Gasteiger partial charge in [0.2, 0.25) is 0 Å². The maximum atomic E-state index is 14.5. The van der Waals surface area contributed by atoms with Gasteiger partial charge in [-0.05, 0) is 57.4 Å². The molecule has 10 nitrogen and oxygen atoms in total. The van der Waals surface area contributed by atoms with Crippen molar-refractivity contribution in [3.63, 3.8) is 0 Å². The zero-order valence-corrected chi connectivity index (χ0v) is 23.1. The van der Waals surface area contributed by atoms with Crippen molar-refractivity contribution in [2.75, 3.05) is 26.5 Å². The van der Waals surface area contributed by atoms with E-state index in [1.807, 2.05) is 6.07 Å². The van der Waals surface area contributed by atoms with E-state index in [9.17, 15) is 33.5 Å². The van der Waals surface area contributed by atoms with Crippen LogP contribution in [0.4, 0.5) is 8.78 Å². The molecule has 3 aromatic rings. The quantitative estimate of drug-likeness (QED) is 0.386. The van der Waals surface area contributed by atoms with Gasteiger partial charge in [-0.2, -0.15) is 5.26 Å². The number of carbonyl (C=O) groups is 1. The third kappa shape index (κ3) is 5.52. The number of carboxylic acids is 1. The van der Waals surface area contributed by atoms with Gasteiger partial charge in [-0.1, -0.05) is 0 Å². The first-order valence-corrected chi connectivity index (χ1v) is 13.5. The van der Waals surface area contributed by atoms with Gasteiger partial charge < -0.3 is 19.3 Å². The number of aromatic nitrogens is 2. The fourth-order valence-electron chi connectivity index (χ4n) is 4.68. The molecular weight excluding hydrogens is 548 g/mol. The molecule has 0 unspecified atom stereocenters. The summed E-state index contributed by atoms with van der Waals surface area (Å²) >= 11 is 0.922. The summed E-state index contributed by atoms with van der Waals surface area (Å²) < 4.78 is 46.7. The van der Waals surface area contributed by atoms with E-state index in [4.69, 9.17) is 14.2 Å². The van der Waals surface area contributed by atoms with Crippen LogP contribution in [0.1, 0.15) is 48.8 Å². The van der Waals surface area contributed by atoms with Crippen molar-refractivity contribution < 1.29 is 32.9 Å². The number of carboxylic acid groups (broad SMARTS) is 1. The second-order valence-electron chi connectivity index (χ2n) is 9.90. The van der Waals surface area contributed by atoms with Crippen LogP contribution in [0.2, 0.25) is 0 Å².